The van der Waals surface area contributed by atoms with Crippen LogP contribution in [0.5, 0.6) is 0 Å². The standard InChI is InChI=1S/C18H15F2N3O2/c1-18(19,20)14-8-6-11-10-4-2-3-5-12(10)23(16(11)21-14)13-7-9-15(24)22-17(13)25/h2-6,8,13H,7,9H2,1H3,(H,22,24,25). The zero-order valence-corrected chi connectivity index (χ0v) is 13.4. The van der Waals surface area contributed by atoms with Crippen molar-refractivity contribution in [3.8, 4) is 0 Å². The highest BCUT2D eigenvalue weighted by Gasteiger charge is 2.32. The smallest absolute Gasteiger partial charge is 0.287 e. The van der Waals surface area contributed by atoms with Crippen LogP contribution in [0.2, 0.25) is 0 Å². The van der Waals surface area contributed by atoms with E-state index in [0.717, 1.165) is 17.8 Å². The monoisotopic (exact) mass is 343 g/mol. The SMILES string of the molecule is CC(F)(F)c1ccc2c3ccccc3n(C3CCC(=O)NC3=O)c2n1. The summed E-state index contributed by atoms with van der Waals surface area (Å²) in [6.45, 7) is 0.792. The summed E-state index contributed by atoms with van der Waals surface area (Å²) < 4.78 is 29.2. The largest absolute Gasteiger partial charge is 0.313 e. The fraction of sp³-hybridized carbons (Fsp3) is 0.278. The van der Waals surface area contributed by atoms with Crippen LogP contribution in [0.25, 0.3) is 21.9 Å². The van der Waals surface area contributed by atoms with E-state index in [0.29, 0.717) is 17.5 Å². The molecule has 0 radical (unpaired) electrons. The molecule has 4 rings (SSSR count). The van der Waals surface area contributed by atoms with Crippen LogP contribution < -0.4 is 5.32 Å². The fourth-order valence-electron chi connectivity index (χ4n) is 3.36. The van der Waals surface area contributed by atoms with Gasteiger partial charge in [0.25, 0.3) is 5.92 Å². The van der Waals surface area contributed by atoms with Gasteiger partial charge in [0.15, 0.2) is 0 Å². The third kappa shape index (κ3) is 2.47. The molecule has 1 saturated heterocycles. The quantitative estimate of drug-likeness (QED) is 0.726. The van der Waals surface area contributed by atoms with Gasteiger partial charge in [0, 0.05) is 24.1 Å². The lowest BCUT2D eigenvalue weighted by Crippen LogP contribution is -2.41. The Labute approximate surface area is 141 Å². The van der Waals surface area contributed by atoms with Crippen molar-refractivity contribution in [2.75, 3.05) is 0 Å². The van der Waals surface area contributed by atoms with Gasteiger partial charge in [-0.2, -0.15) is 8.78 Å². The van der Waals surface area contributed by atoms with Crippen molar-refractivity contribution in [2.24, 2.45) is 0 Å². The van der Waals surface area contributed by atoms with Crippen LogP contribution in [0, 0.1) is 0 Å². The average molecular weight is 343 g/mol. The number of halogens is 2. The lowest BCUT2D eigenvalue weighted by molar-refractivity contribution is -0.135. The molecule has 7 heteroatoms. The Bertz CT molecular complexity index is 1020. The van der Waals surface area contributed by atoms with E-state index in [-0.39, 0.29) is 18.0 Å². The van der Waals surface area contributed by atoms with Crippen molar-refractivity contribution < 1.29 is 18.4 Å². The molecule has 1 atom stereocenters. The molecular weight excluding hydrogens is 328 g/mol. The Kier molecular flexibility index (Phi) is 3.35. The number of hydrogen-bond acceptors (Lipinski definition) is 3. The first-order valence-electron chi connectivity index (χ1n) is 7.98. The van der Waals surface area contributed by atoms with E-state index in [2.05, 4.69) is 10.3 Å². The average Bonchev–Trinajstić information content (AvgIpc) is 2.88. The number of amides is 2. The number of rotatable bonds is 2. The molecule has 128 valence electrons. The zero-order chi connectivity index (χ0) is 17.8. The van der Waals surface area contributed by atoms with Gasteiger partial charge in [0.1, 0.15) is 17.4 Å². The highest BCUT2D eigenvalue weighted by molar-refractivity contribution is 6.08. The fourth-order valence-corrected chi connectivity index (χ4v) is 3.36. The summed E-state index contributed by atoms with van der Waals surface area (Å²) in [7, 11) is 0. The summed E-state index contributed by atoms with van der Waals surface area (Å²) in [6.07, 6.45) is 0.515. The Morgan fingerprint density at radius 1 is 1.16 bits per heavy atom. The van der Waals surface area contributed by atoms with Gasteiger partial charge in [-0.3, -0.25) is 14.9 Å². The predicted octanol–water partition coefficient (Wildman–Crippen LogP) is 3.28. The highest BCUT2D eigenvalue weighted by Crippen LogP contribution is 2.35. The summed E-state index contributed by atoms with van der Waals surface area (Å²) in [5, 5.41) is 3.85. The summed E-state index contributed by atoms with van der Waals surface area (Å²) in [5.41, 5.74) is 0.710. The summed E-state index contributed by atoms with van der Waals surface area (Å²) >= 11 is 0. The minimum absolute atomic E-state index is 0.202. The summed E-state index contributed by atoms with van der Waals surface area (Å²) in [6, 6.07) is 9.62. The highest BCUT2D eigenvalue weighted by atomic mass is 19.3. The van der Waals surface area contributed by atoms with Crippen LogP contribution in [-0.4, -0.2) is 21.4 Å². The number of aromatic nitrogens is 2. The maximum absolute atomic E-state index is 13.7. The summed E-state index contributed by atoms with van der Waals surface area (Å²) in [5.74, 6) is -3.84. The van der Waals surface area contributed by atoms with Crippen LogP contribution in [0.15, 0.2) is 36.4 Å². The molecule has 3 heterocycles. The number of fused-ring (bicyclic) bond motifs is 3. The number of nitrogens with zero attached hydrogens (tertiary/aromatic N) is 2. The van der Waals surface area contributed by atoms with Gasteiger partial charge < -0.3 is 4.57 Å². The van der Waals surface area contributed by atoms with Crippen molar-refractivity contribution in [3.05, 3.63) is 42.1 Å². The number of carbonyl (C=O) groups excluding carboxylic acids is 2. The maximum Gasteiger partial charge on any atom is 0.287 e. The normalized spacial score (nSPS) is 18.8. The molecule has 1 aliphatic rings. The van der Waals surface area contributed by atoms with E-state index < -0.39 is 17.9 Å². The second-order valence-electron chi connectivity index (χ2n) is 6.31. The molecule has 0 spiro atoms. The van der Waals surface area contributed by atoms with Crippen molar-refractivity contribution in [2.45, 2.75) is 31.7 Å². The summed E-state index contributed by atoms with van der Waals surface area (Å²) in [4.78, 5) is 27.9. The van der Waals surface area contributed by atoms with Crippen LogP contribution in [0.3, 0.4) is 0 Å². The van der Waals surface area contributed by atoms with E-state index in [9.17, 15) is 18.4 Å². The molecule has 1 unspecified atom stereocenters. The minimum atomic E-state index is -3.08. The molecule has 3 aromatic rings. The molecular formula is C18H15F2N3O2. The van der Waals surface area contributed by atoms with Crippen molar-refractivity contribution in [1.82, 2.24) is 14.9 Å². The molecule has 1 N–H and O–H groups in total. The first kappa shape index (κ1) is 15.7. The van der Waals surface area contributed by atoms with E-state index >= 15 is 0 Å². The molecule has 1 aromatic carbocycles. The van der Waals surface area contributed by atoms with Crippen LogP contribution >= 0.6 is 0 Å². The van der Waals surface area contributed by atoms with Crippen LogP contribution in [-0.2, 0) is 15.5 Å². The topological polar surface area (TPSA) is 64.0 Å². The van der Waals surface area contributed by atoms with Crippen molar-refractivity contribution in [1.29, 1.82) is 0 Å². The molecule has 2 amide bonds. The lowest BCUT2D eigenvalue weighted by Gasteiger charge is -2.23. The second kappa shape index (κ2) is 5.34. The van der Waals surface area contributed by atoms with Gasteiger partial charge in [-0.25, -0.2) is 4.98 Å². The number of para-hydroxylation sites is 1. The first-order chi connectivity index (χ1) is 11.9. The Morgan fingerprint density at radius 3 is 2.64 bits per heavy atom. The minimum Gasteiger partial charge on any atom is -0.313 e. The number of piperidine rings is 1. The number of imide groups is 1. The van der Waals surface area contributed by atoms with Gasteiger partial charge in [-0.05, 0) is 24.6 Å². The van der Waals surface area contributed by atoms with Crippen molar-refractivity contribution >= 4 is 33.8 Å². The van der Waals surface area contributed by atoms with Gasteiger partial charge in [-0.1, -0.05) is 18.2 Å². The molecule has 1 aliphatic heterocycles. The van der Waals surface area contributed by atoms with Gasteiger partial charge in [0.2, 0.25) is 11.8 Å². The molecule has 0 aliphatic carbocycles. The molecule has 1 fully saturated rings. The molecule has 25 heavy (non-hydrogen) atoms. The third-order valence-corrected chi connectivity index (χ3v) is 4.53. The number of hydrogen-bond donors (Lipinski definition) is 1. The number of pyridine rings is 1. The number of benzene rings is 1. The third-order valence-electron chi connectivity index (χ3n) is 4.53. The Hall–Kier alpha value is -2.83. The zero-order valence-electron chi connectivity index (χ0n) is 13.4. The predicted molar refractivity (Wildman–Crippen MR) is 88.2 cm³/mol. The van der Waals surface area contributed by atoms with E-state index in [1.54, 1.807) is 10.6 Å². The maximum atomic E-state index is 13.7. The first-order valence-corrected chi connectivity index (χ1v) is 7.98. The molecule has 2 aromatic heterocycles. The molecule has 0 bridgehead atoms. The molecule has 5 nitrogen and oxygen atoms in total. The molecule has 0 saturated carbocycles. The van der Waals surface area contributed by atoms with E-state index in [1.165, 1.54) is 6.07 Å². The lowest BCUT2D eigenvalue weighted by atomic mass is 10.1. The Balaban J connectivity index is 2.02. The second-order valence-corrected chi connectivity index (χ2v) is 6.31. The van der Waals surface area contributed by atoms with Crippen LogP contribution in [0.1, 0.15) is 31.5 Å². The number of nitrogens with one attached hydrogen (secondary N) is 1. The number of carbonyl (C=O) groups is 2. The van der Waals surface area contributed by atoms with E-state index in [4.69, 9.17) is 0 Å². The van der Waals surface area contributed by atoms with E-state index in [1.807, 2.05) is 24.3 Å². The van der Waals surface area contributed by atoms with Crippen LogP contribution in [0.4, 0.5) is 8.78 Å². The van der Waals surface area contributed by atoms with Crippen molar-refractivity contribution in [3.63, 3.8) is 0 Å². The Morgan fingerprint density at radius 2 is 1.92 bits per heavy atom. The van der Waals surface area contributed by atoms with Gasteiger partial charge in [-0.15, -0.1) is 0 Å². The van der Waals surface area contributed by atoms with Gasteiger partial charge >= 0.3 is 0 Å². The van der Waals surface area contributed by atoms with Gasteiger partial charge in [0.05, 0.1) is 5.52 Å². The number of alkyl halides is 2.